The summed E-state index contributed by atoms with van der Waals surface area (Å²) >= 11 is 7.38. The third kappa shape index (κ3) is 3.16. The normalized spacial score (nSPS) is 11.1. The number of H-pyrrole nitrogens is 1. The Balaban J connectivity index is 1.79. The van der Waals surface area contributed by atoms with Crippen LogP contribution in [0.4, 0.5) is 0 Å². The number of para-hydroxylation sites is 1. The van der Waals surface area contributed by atoms with Crippen molar-refractivity contribution in [2.45, 2.75) is 10.9 Å². The van der Waals surface area contributed by atoms with Gasteiger partial charge >= 0.3 is 0 Å². The number of rotatable bonds is 4. The van der Waals surface area contributed by atoms with E-state index < -0.39 is 0 Å². The molecule has 0 spiro atoms. The van der Waals surface area contributed by atoms with Crippen molar-refractivity contribution >= 4 is 34.3 Å². The molecule has 2 aromatic carbocycles. The zero-order valence-electron chi connectivity index (χ0n) is 12.9. The van der Waals surface area contributed by atoms with Crippen molar-refractivity contribution in [3.63, 3.8) is 0 Å². The van der Waals surface area contributed by atoms with Gasteiger partial charge in [0, 0.05) is 10.8 Å². The van der Waals surface area contributed by atoms with Crippen molar-refractivity contribution in [3.05, 3.63) is 75.8 Å². The van der Waals surface area contributed by atoms with Crippen LogP contribution in [0, 0.1) is 0 Å². The topological polar surface area (TPSA) is 76.5 Å². The second kappa shape index (κ2) is 6.70. The lowest BCUT2D eigenvalue weighted by atomic mass is 10.2. The molecule has 0 saturated heterocycles. The summed E-state index contributed by atoms with van der Waals surface area (Å²) in [5.41, 5.74) is 1.56. The lowest BCUT2D eigenvalue weighted by Crippen LogP contribution is -2.22. The van der Waals surface area contributed by atoms with Gasteiger partial charge in [0.2, 0.25) is 5.95 Å². The van der Waals surface area contributed by atoms with Crippen LogP contribution < -0.4 is 5.56 Å². The molecular formula is C17H12ClN5OS. The summed E-state index contributed by atoms with van der Waals surface area (Å²) < 4.78 is 1.45. The fourth-order valence-electron chi connectivity index (χ4n) is 2.43. The Labute approximate surface area is 151 Å². The zero-order valence-corrected chi connectivity index (χ0v) is 14.5. The molecule has 0 bridgehead atoms. The maximum absolute atomic E-state index is 12.9. The van der Waals surface area contributed by atoms with Gasteiger partial charge in [0.15, 0.2) is 5.16 Å². The quantitative estimate of drug-likeness (QED) is 0.440. The Morgan fingerprint density at radius 2 is 1.92 bits per heavy atom. The SMILES string of the molecule is O=c1c2ccccc2nc(SCc2ccc(Cl)cc2)n1-c1ncn[nH]1. The molecule has 4 aromatic rings. The number of aromatic amines is 1. The molecule has 0 unspecified atom stereocenters. The van der Waals surface area contributed by atoms with Crippen molar-refractivity contribution < 1.29 is 0 Å². The van der Waals surface area contributed by atoms with Gasteiger partial charge in [0.25, 0.3) is 5.56 Å². The summed E-state index contributed by atoms with van der Waals surface area (Å²) in [7, 11) is 0. The number of nitrogens with one attached hydrogen (secondary N) is 1. The first kappa shape index (κ1) is 15.9. The molecule has 0 atom stereocenters. The molecule has 0 radical (unpaired) electrons. The lowest BCUT2D eigenvalue weighted by molar-refractivity contribution is 0.771. The molecule has 0 aliphatic rings. The van der Waals surface area contributed by atoms with E-state index in [1.165, 1.54) is 22.7 Å². The average molecular weight is 370 g/mol. The Bertz CT molecular complexity index is 1080. The van der Waals surface area contributed by atoms with Crippen LogP contribution in [0.5, 0.6) is 0 Å². The summed E-state index contributed by atoms with van der Waals surface area (Å²) in [4.78, 5) is 21.7. The van der Waals surface area contributed by atoms with Crippen LogP contribution >= 0.6 is 23.4 Å². The molecule has 2 heterocycles. The van der Waals surface area contributed by atoms with E-state index in [0.717, 1.165) is 5.56 Å². The van der Waals surface area contributed by atoms with E-state index >= 15 is 0 Å². The first-order chi connectivity index (χ1) is 12.2. The average Bonchev–Trinajstić information content (AvgIpc) is 3.15. The Kier molecular flexibility index (Phi) is 4.25. The number of benzene rings is 2. The summed E-state index contributed by atoms with van der Waals surface area (Å²) in [5, 5.41) is 8.36. The minimum atomic E-state index is -0.180. The summed E-state index contributed by atoms with van der Waals surface area (Å²) in [6.07, 6.45) is 1.37. The monoisotopic (exact) mass is 369 g/mol. The number of hydrogen-bond acceptors (Lipinski definition) is 5. The van der Waals surface area contributed by atoms with Gasteiger partial charge in [-0.25, -0.2) is 14.6 Å². The van der Waals surface area contributed by atoms with E-state index in [0.29, 0.717) is 32.8 Å². The second-order valence-corrected chi connectivity index (χ2v) is 6.66. The van der Waals surface area contributed by atoms with E-state index in [1.54, 1.807) is 6.07 Å². The molecule has 8 heteroatoms. The van der Waals surface area contributed by atoms with E-state index in [2.05, 4.69) is 20.2 Å². The number of nitrogens with zero attached hydrogens (tertiary/aromatic N) is 4. The minimum Gasteiger partial charge on any atom is -0.268 e. The largest absolute Gasteiger partial charge is 0.269 e. The lowest BCUT2D eigenvalue weighted by Gasteiger charge is -2.10. The van der Waals surface area contributed by atoms with Crippen molar-refractivity contribution in [1.29, 1.82) is 0 Å². The third-order valence-electron chi connectivity index (χ3n) is 3.64. The Morgan fingerprint density at radius 3 is 2.68 bits per heavy atom. The minimum absolute atomic E-state index is 0.180. The molecule has 124 valence electrons. The van der Waals surface area contributed by atoms with Crippen LogP contribution in [0.1, 0.15) is 5.56 Å². The van der Waals surface area contributed by atoms with Crippen LogP contribution in [-0.4, -0.2) is 24.7 Å². The first-order valence-corrected chi connectivity index (χ1v) is 8.83. The Hall–Kier alpha value is -2.64. The van der Waals surface area contributed by atoms with Gasteiger partial charge in [-0.2, -0.15) is 10.1 Å². The number of halogens is 1. The van der Waals surface area contributed by atoms with E-state index in [9.17, 15) is 4.79 Å². The zero-order chi connectivity index (χ0) is 17.2. The van der Waals surface area contributed by atoms with E-state index in [-0.39, 0.29) is 5.56 Å². The summed E-state index contributed by atoms with van der Waals surface area (Å²) in [6.45, 7) is 0. The Morgan fingerprint density at radius 1 is 1.12 bits per heavy atom. The molecule has 0 saturated carbocycles. The highest BCUT2D eigenvalue weighted by Gasteiger charge is 2.15. The summed E-state index contributed by atoms with van der Waals surface area (Å²) in [6, 6.07) is 14.8. The van der Waals surface area contributed by atoms with Crippen LogP contribution in [0.15, 0.2) is 64.8 Å². The molecule has 0 amide bonds. The standard InChI is InChI=1S/C17H12ClN5OS/c18-12-7-5-11(6-8-12)9-25-17-21-14-4-2-1-3-13(14)15(24)23(17)16-19-10-20-22-16/h1-8,10H,9H2,(H,19,20,22). The highest BCUT2D eigenvalue weighted by atomic mass is 35.5. The van der Waals surface area contributed by atoms with Gasteiger partial charge in [-0.05, 0) is 29.8 Å². The molecule has 4 rings (SSSR count). The third-order valence-corrected chi connectivity index (χ3v) is 4.90. The van der Waals surface area contributed by atoms with Crippen molar-refractivity contribution in [2.75, 3.05) is 0 Å². The molecule has 25 heavy (non-hydrogen) atoms. The number of fused-ring (bicyclic) bond motifs is 1. The van der Waals surface area contributed by atoms with Gasteiger partial charge < -0.3 is 0 Å². The summed E-state index contributed by atoms with van der Waals surface area (Å²) in [5.74, 6) is 0.998. The second-order valence-electron chi connectivity index (χ2n) is 5.28. The van der Waals surface area contributed by atoms with Crippen LogP contribution in [0.2, 0.25) is 5.02 Å². The highest BCUT2D eigenvalue weighted by molar-refractivity contribution is 7.98. The van der Waals surface area contributed by atoms with E-state index in [1.807, 2.05) is 42.5 Å². The number of thioether (sulfide) groups is 1. The molecule has 1 N–H and O–H groups in total. The first-order valence-electron chi connectivity index (χ1n) is 7.47. The maximum atomic E-state index is 12.9. The van der Waals surface area contributed by atoms with Gasteiger partial charge in [-0.1, -0.05) is 47.6 Å². The van der Waals surface area contributed by atoms with Crippen LogP contribution in [0.25, 0.3) is 16.9 Å². The van der Waals surface area contributed by atoms with Gasteiger partial charge in [-0.15, -0.1) is 0 Å². The highest BCUT2D eigenvalue weighted by Crippen LogP contribution is 2.24. The maximum Gasteiger partial charge on any atom is 0.269 e. The number of hydrogen-bond donors (Lipinski definition) is 1. The molecule has 0 aliphatic heterocycles. The predicted molar refractivity (Wildman–Crippen MR) is 98.3 cm³/mol. The molecule has 6 nitrogen and oxygen atoms in total. The van der Waals surface area contributed by atoms with Gasteiger partial charge in [0.1, 0.15) is 6.33 Å². The van der Waals surface area contributed by atoms with Crippen molar-refractivity contribution in [1.82, 2.24) is 24.7 Å². The van der Waals surface area contributed by atoms with E-state index in [4.69, 9.17) is 11.6 Å². The predicted octanol–water partition coefficient (Wildman–Crippen LogP) is 3.45. The van der Waals surface area contributed by atoms with Gasteiger partial charge in [0.05, 0.1) is 10.9 Å². The van der Waals surface area contributed by atoms with Crippen LogP contribution in [0.3, 0.4) is 0 Å². The fourth-order valence-corrected chi connectivity index (χ4v) is 3.51. The molecule has 0 fully saturated rings. The molecule has 0 aliphatic carbocycles. The molecule has 2 aromatic heterocycles. The fraction of sp³-hybridized carbons (Fsp3) is 0.0588. The number of aromatic nitrogens is 5. The van der Waals surface area contributed by atoms with Crippen LogP contribution in [-0.2, 0) is 5.75 Å². The van der Waals surface area contributed by atoms with Gasteiger partial charge in [-0.3, -0.25) is 4.79 Å². The molecular weight excluding hydrogens is 358 g/mol. The van der Waals surface area contributed by atoms with Crippen molar-refractivity contribution in [2.24, 2.45) is 0 Å². The van der Waals surface area contributed by atoms with Crippen molar-refractivity contribution in [3.8, 4) is 5.95 Å². The smallest absolute Gasteiger partial charge is 0.268 e.